The van der Waals surface area contributed by atoms with Gasteiger partial charge in [0, 0.05) is 18.2 Å². The summed E-state index contributed by atoms with van der Waals surface area (Å²) in [5, 5.41) is 3.69. The quantitative estimate of drug-likeness (QED) is 0.713. The van der Waals surface area contributed by atoms with Crippen LogP contribution < -0.4 is 0 Å². The summed E-state index contributed by atoms with van der Waals surface area (Å²) in [5.41, 5.74) is 0.368. The first-order valence-electron chi connectivity index (χ1n) is 5.24. The van der Waals surface area contributed by atoms with Crippen LogP contribution in [0.5, 0.6) is 0 Å². The smallest absolute Gasteiger partial charge is 0.159 e. The van der Waals surface area contributed by atoms with Crippen LogP contribution in [0.2, 0.25) is 0 Å². The van der Waals surface area contributed by atoms with Crippen molar-refractivity contribution in [1.29, 1.82) is 0 Å². The highest BCUT2D eigenvalue weighted by atomic mass is 16.5. The Morgan fingerprint density at radius 1 is 1.43 bits per heavy atom. The number of nitrogens with zero attached hydrogens (tertiary/aromatic N) is 2. The van der Waals surface area contributed by atoms with E-state index in [0.717, 1.165) is 5.76 Å². The molecule has 14 heavy (non-hydrogen) atoms. The van der Waals surface area contributed by atoms with Gasteiger partial charge in [0.2, 0.25) is 0 Å². The Bertz CT molecular complexity index is 344. The summed E-state index contributed by atoms with van der Waals surface area (Å²) in [6.45, 7) is 2.53. The second-order valence-electron chi connectivity index (χ2n) is 4.19. The summed E-state index contributed by atoms with van der Waals surface area (Å²) < 4.78 is 5.04. The molecule has 0 aliphatic carbocycles. The van der Waals surface area contributed by atoms with Crippen LogP contribution in [0.3, 0.4) is 0 Å². The minimum absolute atomic E-state index is 0.368. The maximum Gasteiger partial charge on any atom is 0.159 e. The van der Waals surface area contributed by atoms with Gasteiger partial charge in [-0.1, -0.05) is 11.2 Å². The van der Waals surface area contributed by atoms with Gasteiger partial charge in [-0.2, -0.15) is 0 Å². The average Bonchev–Trinajstić information content (AvgIpc) is 2.75. The molecule has 2 fully saturated rings. The molecular weight excluding hydrogens is 176 g/mol. The molecule has 0 N–H and O–H groups in total. The third-order valence-electron chi connectivity index (χ3n) is 3.50. The molecule has 3 heteroatoms. The molecule has 2 aliphatic rings. The zero-order valence-corrected chi connectivity index (χ0v) is 8.15. The maximum absolute atomic E-state index is 5.04. The van der Waals surface area contributed by atoms with Crippen LogP contribution >= 0.6 is 0 Å². The first kappa shape index (κ1) is 8.24. The highest BCUT2D eigenvalue weighted by molar-refractivity contribution is 5.45. The first-order chi connectivity index (χ1) is 6.89. The molecule has 1 atom stereocenters. The van der Waals surface area contributed by atoms with E-state index in [2.05, 4.69) is 22.2 Å². The van der Waals surface area contributed by atoms with Crippen molar-refractivity contribution in [2.24, 2.45) is 0 Å². The Balaban J connectivity index is 1.78. The molecule has 1 unspecified atom stereocenters. The van der Waals surface area contributed by atoms with E-state index in [1.807, 2.05) is 6.07 Å². The Hall–Kier alpha value is -1.09. The van der Waals surface area contributed by atoms with Crippen LogP contribution in [0, 0.1) is 0 Å². The Kier molecular flexibility index (Phi) is 1.74. The van der Waals surface area contributed by atoms with Crippen LogP contribution in [-0.2, 0) is 0 Å². The molecule has 0 saturated carbocycles. The largest absolute Gasteiger partial charge is 0.357 e. The van der Waals surface area contributed by atoms with Crippen LogP contribution in [0.15, 0.2) is 22.9 Å². The third kappa shape index (κ3) is 1.12. The van der Waals surface area contributed by atoms with Crippen molar-refractivity contribution >= 4 is 6.08 Å². The number of hydrogen-bond donors (Lipinski definition) is 0. The topological polar surface area (TPSA) is 29.3 Å². The lowest BCUT2D eigenvalue weighted by molar-refractivity contribution is 0.0720. The van der Waals surface area contributed by atoms with Crippen LogP contribution in [0.4, 0.5) is 0 Å². The molecule has 0 spiro atoms. The van der Waals surface area contributed by atoms with Gasteiger partial charge in [0.15, 0.2) is 5.76 Å². The SMILES string of the molecule is C(=C\C12CCCN1CC2)/c1ccno1. The minimum Gasteiger partial charge on any atom is -0.357 e. The van der Waals surface area contributed by atoms with Crippen molar-refractivity contribution in [3.05, 3.63) is 24.1 Å². The summed E-state index contributed by atoms with van der Waals surface area (Å²) in [5.74, 6) is 0.859. The molecule has 3 heterocycles. The fraction of sp³-hybridized carbons (Fsp3) is 0.545. The van der Waals surface area contributed by atoms with E-state index in [0.29, 0.717) is 5.54 Å². The zero-order chi connectivity index (χ0) is 9.43. The summed E-state index contributed by atoms with van der Waals surface area (Å²) in [4.78, 5) is 2.56. The first-order valence-corrected chi connectivity index (χ1v) is 5.24. The molecule has 0 aromatic carbocycles. The third-order valence-corrected chi connectivity index (χ3v) is 3.50. The van der Waals surface area contributed by atoms with Crippen molar-refractivity contribution in [3.8, 4) is 0 Å². The molecule has 1 aromatic heterocycles. The summed E-state index contributed by atoms with van der Waals surface area (Å²) in [6.07, 6.45) is 9.98. The molecule has 2 saturated heterocycles. The van der Waals surface area contributed by atoms with E-state index in [1.54, 1.807) is 6.20 Å². The van der Waals surface area contributed by atoms with Gasteiger partial charge in [-0.25, -0.2) is 0 Å². The lowest BCUT2D eigenvalue weighted by Gasteiger charge is -2.46. The molecule has 74 valence electrons. The number of rotatable bonds is 2. The van der Waals surface area contributed by atoms with Crippen molar-refractivity contribution in [2.45, 2.75) is 24.8 Å². The molecular formula is C11H14N2O. The van der Waals surface area contributed by atoms with E-state index in [9.17, 15) is 0 Å². The van der Waals surface area contributed by atoms with Gasteiger partial charge in [-0.05, 0) is 31.9 Å². The summed E-state index contributed by atoms with van der Waals surface area (Å²) >= 11 is 0. The van der Waals surface area contributed by atoms with Crippen LogP contribution in [0.1, 0.15) is 25.0 Å². The lowest BCUT2D eigenvalue weighted by atomic mass is 9.84. The second kappa shape index (κ2) is 2.95. The highest BCUT2D eigenvalue weighted by Gasteiger charge is 2.45. The fourth-order valence-electron chi connectivity index (χ4n) is 2.57. The standard InChI is InChI=1S/C11H14N2O/c1-4-11(6-9-13(11)8-1)5-2-10-3-7-12-14-10/h2-3,5,7H,1,4,6,8-9H2/b5-2+. The fourth-order valence-corrected chi connectivity index (χ4v) is 2.57. The molecule has 0 amide bonds. The number of aromatic nitrogens is 1. The zero-order valence-electron chi connectivity index (χ0n) is 8.15. The monoisotopic (exact) mass is 190 g/mol. The van der Waals surface area contributed by atoms with Crippen molar-refractivity contribution in [1.82, 2.24) is 10.1 Å². The lowest BCUT2D eigenvalue weighted by Crippen LogP contribution is -2.53. The predicted octanol–water partition coefficient (Wildman–Crippen LogP) is 1.93. The number of hydrogen-bond acceptors (Lipinski definition) is 3. The molecule has 3 nitrogen and oxygen atoms in total. The molecule has 0 radical (unpaired) electrons. The maximum atomic E-state index is 5.04. The van der Waals surface area contributed by atoms with E-state index < -0.39 is 0 Å². The Labute approximate surface area is 83.4 Å². The molecule has 1 aromatic rings. The molecule has 2 aliphatic heterocycles. The normalized spacial score (nSPS) is 32.0. The van der Waals surface area contributed by atoms with Gasteiger partial charge < -0.3 is 4.52 Å². The summed E-state index contributed by atoms with van der Waals surface area (Å²) in [7, 11) is 0. The van der Waals surface area contributed by atoms with E-state index in [1.165, 1.54) is 32.4 Å². The van der Waals surface area contributed by atoms with Crippen molar-refractivity contribution in [3.63, 3.8) is 0 Å². The highest BCUT2D eigenvalue weighted by Crippen LogP contribution is 2.41. The average molecular weight is 190 g/mol. The van der Waals surface area contributed by atoms with Gasteiger partial charge >= 0.3 is 0 Å². The Morgan fingerprint density at radius 3 is 3.07 bits per heavy atom. The van der Waals surface area contributed by atoms with E-state index >= 15 is 0 Å². The molecule has 3 rings (SSSR count). The van der Waals surface area contributed by atoms with Crippen LogP contribution in [-0.4, -0.2) is 28.7 Å². The predicted molar refractivity (Wildman–Crippen MR) is 53.7 cm³/mol. The van der Waals surface area contributed by atoms with Crippen molar-refractivity contribution < 1.29 is 4.52 Å². The van der Waals surface area contributed by atoms with Gasteiger partial charge in [-0.15, -0.1) is 0 Å². The molecule has 0 bridgehead atoms. The number of fused-ring (bicyclic) bond motifs is 1. The van der Waals surface area contributed by atoms with E-state index in [-0.39, 0.29) is 0 Å². The minimum atomic E-state index is 0.368. The Morgan fingerprint density at radius 2 is 2.43 bits per heavy atom. The summed E-state index contributed by atoms with van der Waals surface area (Å²) in [6, 6.07) is 1.89. The van der Waals surface area contributed by atoms with Crippen LogP contribution in [0.25, 0.3) is 6.08 Å². The van der Waals surface area contributed by atoms with Gasteiger partial charge in [0.25, 0.3) is 0 Å². The van der Waals surface area contributed by atoms with E-state index in [4.69, 9.17) is 4.52 Å². The van der Waals surface area contributed by atoms with Gasteiger partial charge in [-0.3, -0.25) is 4.90 Å². The second-order valence-corrected chi connectivity index (χ2v) is 4.19. The van der Waals surface area contributed by atoms with Gasteiger partial charge in [0.05, 0.1) is 6.20 Å². The van der Waals surface area contributed by atoms with Gasteiger partial charge in [0.1, 0.15) is 0 Å². The van der Waals surface area contributed by atoms with Crippen molar-refractivity contribution in [2.75, 3.05) is 13.1 Å².